The van der Waals surface area contributed by atoms with Gasteiger partial charge in [0.05, 0.1) is 6.54 Å². The van der Waals surface area contributed by atoms with Crippen molar-refractivity contribution in [3.05, 3.63) is 35.6 Å². The highest BCUT2D eigenvalue weighted by molar-refractivity contribution is 5.85. The second kappa shape index (κ2) is 8.02. The highest BCUT2D eigenvalue weighted by Crippen LogP contribution is 2.44. The van der Waals surface area contributed by atoms with Crippen LogP contribution in [0.3, 0.4) is 0 Å². The molecular formula is C19H27ClFN3O. The quantitative estimate of drug-likeness (QED) is 0.812. The first-order chi connectivity index (χ1) is 11.7. The van der Waals surface area contributed by atoms with E-state index in [4.69, 9.17) is 0 Å². The number of piperazine rings is 1. The Morgan fingerprint density at radius 1 is 1.28 bits per heavy atom. The molecule has 3 aliphatic rings. The average Bonchev–Trinajstić information content (AvgIpc) is 3.47. The smallest absolute Gasteiger partial charge is 0.234 e. The summed E-state index contributed by atoms with van der Waals surface area (Å²) in [6.07, 6.45) is 5.06. The average molecular weight is 368 g/mol. The Kier molecular flexibility index (Phi) is 5.97. The zero-order chi connectivity index (χ0) is 16.5. The second-order valence-electron chi connectivity index (χ2n) is 7.51. The van der Waals surface area contributed by atoms with Gasteiger partial charge in [-0.25, -0.2) is 4.39 Å². The fourth-order valence-electron chi connectivity index (χ4n) is 3.93. The molecule has 1 aromatic carbocycles. The van der Waals surface area contributed by atoms with Gasteiger partial charge in [-0.15, -0.1) is 12.4 Å². The summed E-state index contributed by atoms with van der Waals surface area (Å²) in [5.74, 6) is 1.33. The van der Waals surface area contributed by atoms with Crippen molar-refractivity contribution in [2.75, 3.05) is 26.2 Å². The molecule has 1 saturated heterocycles. The Morgan fingerprint density at radius 2 is 2.00 bits per heavy atom. The van der Waals surface area contributed by atoms with Gasteiger partial charge < -0.3 is 10.6 Å². The zero-order valence-electron chi connectivity index (χ0n) is 14.4. The number of nitrogens with zero attached hydrogens (tertiary/aromatic N) is 1. The Labute approximate surface area is 154 Å². The molecule has 1 amide bonds. The monoisotopic (exact) mass is 367 g/mol. The van der Waals surface area contributed by atoms with Crippen molar-refractivity contribution in [3.8, 4) is 0 Å². The van der Waals surface area contributed by atoms with Crippen molar-refractivity contribution in [1.29, 1.82) is 0 Å². The lowest BCUT2D eigenvalue weighted by molar-refractivity contribution is -0.124. The van der Waals surface area contributed by atoms with E-state index in [1.54, 1.807) is 12.1 Å². The minimum atomic E-state index is -0.218. The number of hydrogen-bond donors (Lipinski definition) is 2. The number of amides is 1. The third-order valence-corrected chi connectivity index (χ3v) is 5.52. The summed E-state index contributed by atoms with van der Waals surface area (Å²) < 4.78 is 13.6. The van der Waals surface area contributed by atoms with Crippen LogP contribution in [-0.2, 0) is 4.79 Å². The van der Waals surface area contributed by atoms with Crippen LogP contribution in [0.25, 0.3) is 0 Å². The predicted octanol–water partition coefficient (Wildman–Crippen LogP) is 2.50. The largest absolute Gasteiger partial charge is 0.352 e. The molecule has 0 bridgehead atoms. The van der Waals surface area contributed by atoms with Crippen LogP contribution in [0.4, 0.5) is 4.39 Å². The minimum Gasteiger partial charge on any atom is -0.352 e. The summed E-state index contributed by atoms with van der Waals surface area (Å²) in [6.45, 7) is 2.84. The number of carbonyl (C=O) groups is 1. The highest BCUT2D eigenvalue weighted by atomic mass is 35.5. The van der Waals surface area contributed by atoms with E-state index in [-0.39, 0.29) is 30.2 Å². The van der Waals surface area contributed by atoms with E-state index in [1.807, 2.05) is 6.07 Å². The summed E-state index contributed by atoms with van der Waals surface area (Å²) in [7, 11) is 0. The molecule has 3 fully saturated rings. The lowest BCUT2D eigenvalue weighted by Gasteiger charge is -2.36. The molecule has 0 radical (unpaired) electrons. The SMILES string of the molecule is Cl.O=C(CN1CCNCC1c1cccc(F)c1)NC(C1CC1)C1CC1. The molecule has 1 aromatic rings. The third-order valence-electron chi connectivity index (χ3n) is 5.52. The molecule has 1 atom stereocenters. The molecule has 0 spiro atoms. The molecule has 0 aromatic heterocycles. The minimum absolute atomic E-state index is 0. The van der Waals surface area contributed by atoms with E-state index < -0.39 is 0 Å². The fourth-order valence-corrected chi connectivity index (χ4v) is 3.93. The normalized spacial score (nSPS) is 24.0. The van der Waals surface area contributed by atoms with Crippen molar-refractivity contribution in [3.63, 3.8) is 0 Å². The van der Waals surface area contributed by atoms with Gasteiger partial charge in [0, 0.05) is 31.7 Å². The van der Waals surface area contributed by atoms with Crippen LogP contribution in [0.5, 0.6) is 0 Å². The van der Waals surface area contributed by atoms with Gasteiger partial charge in [0.25, 0.3) is 0 Å². The van der Waals surface area contributed by atoms with Crippen molar-refractivity contribution in [2.24, 2.45) is 11.8 Å². The van der Waals surface area contributed by atoms with Gasteiger partial charge in [0.1, 0.15) is 5.82 Å². The van der Waals surface area contributed by atoms with Crippen LogP contribution in [0.1, 0.15) is 37.3 Å². The summed E-state index contributed by atoms with van der Waals surface area (Å²) in [5.41, 5.74) is 0.941. The highest BCUT2D eigenvalue weighted by Gasteiger charge is 2.42. The van der Waals surface area contributed by atoms with Gasteiger partial charge in [-0.2, -0.15) is 0 Å². The van der Waals surface area contributed by atoms with E-state index in [0.717, 1.165) is 25.2 Å². The van der Waals surface area contributed by atoms with Gasteiger partial charge in [0.2, 0.25) is 5.91 Å². The molecule has 4 rings (SSSR count). The summed E-state index contributed by atoms with van der Waals surface area (Å²) in [4.78, 5) is 14.8. The predicted molar refractivity (Wildman–Crippen MR) is 98.2 cm³/mol. The molecule has 1 heterocycles. The van der Waals surface area contributed by atoms with Gasteiger partial charge in [0.15, 0.2) is 0 Å². The van der Waals surface area contributed by atoms with Crippen LogP contribution in [0, 0.1) is 17.7 Å². The first-order valence-corrected chi connectivity index (χ1v) is 9.20. The number of hydrogen-bond acceptors (Lipinski definition) is 3. The molecule has 2 saturated carbocycles. The summed E-state index contributed by atoms with van der Waals surface area (Å²) in [5, 5.41) is 6.65. The molecule has 25 heavy (non-hydrogen) atoms. The number of nitrogens with one attached hydrogen (secondary N) is 2. The van der Waals surface area contributed by atoms with E-state index >= 15 is 0 Å². The molecule has 4 nitrogen and oxygen atoms in total. The second-order valence-corrected chi connectivity index (χ2v) is 7.51. The summed E-state index contributed by atoms with van der Waals surface area (Å²) in [6, 6.07) is 7.19. The van der Waals surface area contributed by atoms with Crippen LogP contribution >= 0.6 is 12.4 Å². The van der Waals surface area contributed by atoms with Crippen molar-refractivity contribution >= 4 is 18.3 Å². The Hall–Kier alpha value is -1.17. The first-order valence-electron chi connectivity index (χ1n) is 9.20. The molecule has 138 valence electrons. The zero-order valence-corrected chi connectivity index (χ0v) is 15.2. The van der Waals surface area contributed by atoms with Crippen LogP contribution in [0.2, 0.25) is 0 Å². The molecule has 1 unspecified atom stereocenters. The Balaban J connectivity index is 0.00000182. The van der Waals surface area contributed by atoms with Gasteiger partial charge in [-0.1, -0.05) is 12.1 Å². The van der Waals surface area contributed by atoms with Crippen LogP contribution in [-0.4, -0.2) is 43.0 Å². The molecule has 2 aliphatic carbocycles. The van der Waals surface area contributed by atoms with Gasteiger partial charge in [-0.05, 0) is 55.2 Å². The fraction of sp³-hybridized carbons (Fsp3) is 0.632. The van der Waals surface area contributed by atoms with Gasteiger partial charge >= 0.3 is 0 Å². The molecular weight excluding hydrogens is 341 g/mol. The van der Waals surface area contributed by atoms with Crippen LogP contribution in [0.15, 0.2) is 24.3 Å². The van der Waals surface area contributed by atoms with E-state index in [2.05, 4.69) is 15.5 Å². The number of carbonyl (C=O) groups excluding carboxylic acids is 1. The topological polar surface area (TPSA) is 44.4 Å². The lowest BCUT2D eigenvalue weighted by atomic mass is 10.0. The van der Waals surface area contributed by atoms with Crippen molar-refractivity contribution < 1.29 is 9.18 Å². The van der Waals surface area contributed by atoms with E-state index in [1.165, 1.54) is 31.7 Å². The maximum atomic E-state index is 13.6. The lowest BCUT2D eigenvalue weighted by Crippen LogP contribution is -2.51. The summed E-state index contributed by atoms with van der Waals surface area (Å²) >= 11 is 0. The van der Waals surface area contributed by atoms with E-state index in [0.29, 0.717) is 24.4 Å². The van der Waals surface area contributed by atoms with Gasteiger partial charge in [-0.3, -0.25) is 9.69 Å². The Morgan fingerprint density at radius 3 is 2.64 bits per heavy atom. The van der Waals surface area contributed by atoms with Crippen molar-refractivity contribution in [1.82, 2.24) is 15.5 Å². The van der Waals surface area contributed by atoms with Crippen molar-refractivity contribution in [2.45, 2.75) is 37.8 Å². The maximum Gasteiger partial charge on any atom is 0.234 e. The maximum absolute atomic E-state index is 13.6. The molecule has 1 aliphatic heterocycles. The van der Waals surface area contributed by atoms with Crippen LogP contribution < -0.4 is 10.6 Å². The standard InChI is InChI=1S/C19H26FN3O.ClH/c20-16-3-1-2-15(10-16)17-11-21-8-9-23(17)12-18(24)22-19(13-4-5-13)14-6-7-14;/h1-3,10,13-14,17,19,21H,4-9,11-12H2,(H,22,24);1H. The third kappa shape index (κ3) is 4.72. The number of rotatable bonds is 6. The first kappa shape index (κ1) is 18.6. The molecule has 2 N–H and O–H groups in total. The number of halogens is 2. The molecule has 6 heteroatoms. The number of benzene rings is 1. The Bertz CT molecular complexity index is 594. The van der Waals surface area contributed by atoms with E-state index in [9.17, 15) is 9.18 Å².